The standard InChI is InChI=1S/C11H8BrN3O4/c12-6-3-13-11(14-4-6)15-10(19)5-1-7(16)9(18)8(17)2-5/h1-4,16-18H,(H,13,14,15,19). The van der Waals surface area contributed by atoms with Crippen molar-refractivity contribution in [3.8, 4) is 17.2 Å². The lowest BCUT2D eigenvalue weighted by molar-refractivity contribution is 0.102. The van der Waals surface area contributed by atoms with Crippen LogP contribution in [0.2, 0.25) is 0 Å². The van der Waals surface area contributed by atoms with E-state index >= 15 is 0 Å². The summed E-state index contributed by atoms with van der Waals surface area (Å²) in [5, 5.41) is 30.2. The molecular weight excluding hydrogens is 318 g/mol. The molecule has 0 aliphatic carbocycles. The fourth-order valence-electron chi connectivity index (χ4n) is 1.29. The van der Waals surface area contributed by atoms with Gasteiger partial charge in [-0.3, -0.25) is 10.1 Å². The van der Waals surface area contributed by atoms with Gasteiger partial charge >= 0.3 is 0 Å². The van der Waals surface area contributed by atoms with Crippen LogP contribution < -0.4 is 5.32 Å². The average molecular weight is 326 g/mol. The van der Waals surface area contributed by atoms with E-state index in [1.807, 2.05) is 0 Å². The lowest BCUT2D eigenvalue weighted by atomic mass is 10.1. The summed E-state index contributed by atoms with van der Waals surface area (Å²) in [6.45, 7) is 0. The van der Waals surface area contributed by atoms with E-state index < -0.39 is 23.2 Å². The summed E-state index contributed by atoms with van der Waals surface area (Å²) in [6, 6.07) is 2.03. The van der Waals surface area contributed by atoms with Gasteiger partial charge in [-0.15, -0.1) is 0 Å². The second kappa shape index (κ2) is 5.11. The van der Waals surface area contributed by atoms with E-state index in [0.717, 1.165) is 12.1 Å². The summed E-state index contributed by atoms with van der Waals surface area (Å²) < 4.78 is 0.658. The third kappa shape index (κ3) is 2.91. The SMILES string of the molecule is O=C(Nc1ncc(Br)cn1)c1cc(O)c(O)c(O)c1. The van der Waals surface area contributed by atoms with Crippen LogP contribution >= 0.6 is 15.9 Å². The number of phenols is 3. The number of benzene rings is 1. The molecule has 0 bridgehead atoms. The van der Waals surface area contributed by atoms with Crippen molar-refractivity contribution in [2.45, 2.75) is 0 Å². The number of amides is 1. The number of aromatic hydroxyl groups is 3. The van der Waals surface area contributed by atoms with Crippen LogP contribution in [0.3, 0.4) is 0 Å². The van der Waals surface area contributed by atoms with Gasteiger partial charge in [0.25, 0.3) is 5.91 Å². The molecule has 19 heavy (non-hydrogen) atoms. The van der Waals surface area contributed by atoms with Crippen molar-refractivity contribution in [1.29, 1.82) is 0 Å². The Labute approximate surface area is 115 Å². The van der Waals surface area contributed by atoms with E-state index in [0.29, 0.717) is 4.47 Å². The Morgan fingerprint density at radius 1 is 1.11 bits per heavy atom. The summed E-state index contributed by atoms with van der Waals surface area (Å²) in [7, 11) is 0. The first-order chi connectivity index (χ1) is 8.97. The normalized spacial score (nSPS) is 10.2. The first-order valence-corrected chi connectivity index (χ1v) is 5.80. The molecule has 98 valence electrons. The van der Waals surface area contributed by atoms with Crippen molar-refractivity contribution in [1.82, 2.24) is 9.97 Å². The lowest BCUT2D eigenvalue weighted by Gasteiger charge is -2.06. The number of nitrogens with zero attached hydrogens (tertiary/aromatic N) is 2. The van der Waals surface area contributed by atoms with Gasteiger partial charge in [-0.1, -0.05) is 0 Å². The monoisotopic (exact) mass is 325 g/mol. The zero-order valence-corrected chi connectivity index (χ0v) is 10.9. The molecule has 0 unspecified atom stereocenters. The highest BCUT2D eigenvalue weighted by Gasteiger charge is 2.14. The van der Waals surface area contributed by atoms with Crippen molar-refractivity contribution in [3.05, 3.63) is 34.6 Å². The molecule has 0 saturated heterocycles. The maximum atomic E-state index is 11.8. The van der Waals surface area contributed by atoms with Crippen molar-refractivity contribution in [3.63, 3.8) is 0 Å². The minimum absolute atomic E-state index is 0.0423. The molecule has 0 saturated carbocycles. The van der Waals surface area contributed by atoms with Crippen LogP contribution in [0.25, 0.3) is 0 Å². The third-order valence-corrected chi connectivity index (χ3v) is 2.59. The van der Waals surface area contributed by atoms with E-state index in [-0.39, 0.29) is 11.5 Å². The molecule has 1 amide bonds. The molecule has 0 atom stereocenters. The zero-order chi connectivity index (χ0) is 14.0. The van der Waals surface area contributed by atoms with Crippen molar-refractivity contribution in [2.75, 3.05) is 5.32 Å². The predicted molar refractivity (Wildman–Crippen MR) is 69.1 cm³/mol. The number of aromatic nitrogens is 2. The van der Waals surface area contributed by atoms with Gasteiger partial charge in [0.05, 0.1) is 4.47 Å². The topological polar surface area (TPSA) is 116 Å². The molecule has 2 rings (SSSR count). The molecule has 1 aromatic carbocycles. The highest BCUT2D eigenvalue weighted by Crippen LogP contribution is 2.35. The second-order valence-corrected chi connectivity index (χ2v) is 4.46. The maximum absolute atomic E-state index is 11.8. The highest BCUT2D eigenvalue weighted by molar-refractivity contribution is 9.10. The first-order valence-electron chi connectivity index (χ1n) is 5.01. The van der Waals surface area contributed by atoms with Gasteiger partial charge in [0.1, 0.15) is 0 Å². The number of carbonyl (C=O) groups excluding carboxylic acids is 1. The fourth-order valence-corrected chi connectivity index (χ4v) is 1.49. The molecule has 0 aliphatic rings. The summed E-state index contributed by atoms with van der Waals surface area (Å²) >= 11 is 3.15. The summed E-state index contributed by atoms with van der Waals surface area (Å²) in [5.41, 5.74) is -0.0423. The average Bonchev–Trinajstić information content (AvgIpc) is 2.38. The number of hydrogen-bond acceptors (Lipinski definition) is 6. The minimum atomic E-state index is -0.684. The number of rotatable bonds is 2. The highest BCUT2D eigenvalue weighted by atomic mass is 79.9. The number of carbonyl (C=O) groups is 1. The number of phenolic OH excluding ortho intramolecular Hbond substituents is 3. The van der Waals surface area contributed by atoms with Gasteiger partial charge in [-0.25, -0.2) is 9.97 Å². The van der Waals surface area contributed by atoms with E-state index in [4.69, 9.17) is 0 Å². The Hall–Kier alpha value is -2.35. The Morgan fingerprint density at radius 2 is 1.63 bits per heavy atom. The molecule has 1 aromatic heterocycles. The third-order valence-electron chi connectivity index (χ3n) is 2.18. The number of halogens is 1. The van der Waals surface area contributed by atoms with Crippen LogP contribution in [-0.4, -0.2) is 31.2 Å². The van der Waals surface area contributed by atoms with E-state index in [1.54, 1.807) is 0 Å². The molecule has 0 fully saturated rings. The first kappa shape index (κ1) is 13.1. The summed E-state index contributed by atoms with van der Waals surface area (Å²) in [6.07, 6.45) is 2.91. The predicted octanol–water partition coefficient (Wildman–Crippen LogP) is 1.61. The molecule has 7 nitrogen and oxygen atoms in total. The molecule has 0 aliphatic heterocycles. The van der Waals surface area contributed by atoms with Gasteiger partial charge in [0.2, 0.25) is 5.95 Å². The molecule has 8 heteroatoms. The van der Waals surface area contributed by atoms with Crippen molar-refractivity contribution in [2.24, 2.45) is 0 Å². The van der Waals surface area contributed by atoms with E-state index in [2.05, 4.69) is 31.2 Å². The Balaban J connectivity index is 2.23. The van der Waals surface area contributed by atoms with Gasteiger partial charge in [-0.2, -0.15) is 0 Å². The Bertz CT molecular complexity index is 607. The molecule has 4 N–H and O–H groups in total. The Morgan fingerprint density at radius 3 is 2.16 bits per heavy atom. The van der Waals surface area contributed by atoms with Gasteiger partial charge < -0.3 is 15.3 Å². The molecule has 1 heterocycles. The number of hydrogen-bond donors (Lipinski definition) is 4. The van der Waals surface area contributed by atoms with Crippen molar-refractivity contribution >= 4 is 27.8 Å². The van der Waals surface area contributed by atoms with E-state index in [1.165, 1.54) is 12.4 Å². The van der Waals surface area contributed by atoms with Crippen LogP contribution in [0.4, 0.5) is 5.95 Å². The Kier molecular flexibility index (Phi) is 3.52. The quantitative estimate of drug-likeness (QED) is 0.623. The van der Waals surface area contributed by atoms with Crippen LogP contribution in [0, 0.1) is 0 Å². The summed E-state index contributed by atoms with van der Waals surface area (Å²) in [5.74, 6) is -2.44. The fraction of sp³-hybridized carbons (Fsp3) is 0. The van der Waals surface area contributed by atoms with Gasteiger partial charge in [0.15, 0.2) is 17.2 Å². The molecule has 0 radical (unpaired) electrons. The van der Waals surface area contributed by atoms with Gasteiger partial charge in [0, 0.05) is 18.0 Å². The lowest BCUT2D eigenvalue weighted by Crippen LogP contribution is -2.13. The molecule has 2 aromatic rings. The number of nitrogens with one attached hydrogen (secondary N) is 1. The zero-order valence-electron chi connectivity index (χ0n) is 9.33. The minimum Gasteiger partial charge on any atom is -0.504 e. The maximum Gasteiger partial charge on any atom is 0.258 e. The second-order valence-electron chi connectivity index (χ2n) is 3.54. The largest absolute Gasteiger partial charge is 0.504 e. The van der Waals surface area contributed by atoms with Crippen LogP contribution in [0.15, 0.2) is 29.0 Å². The molecule has 0 spiro atoms. The van der Waals surface area contributed by atoms with Crippen LogP contribution in [-0.2, 0) is 0 Å². The molecular formula is C11H8BrN3O4. The van der Waals surface area contributed by atoms with E-state index in [9.17, 15) is 20.1 Å². The van der Waals surface area contributed by atoms with Crippen LogP contribution in [0.5, 0.6) is 17.2 Å². The summed E-state index contributed by atoms with van der Waals surface area (Å²) in [4.78, 5) is 19.5. The van der Waals surface area contributed by atoms with Gasteiger partial charge in [-0.05, 0) is 28.1 Å². The number of anilines is 1. The van der Waals surface area contributed by atoms with Crippen molar-refractivity contribution < 1.29 is 20.1 Å². The smallest absolute Gasteiger partial charge is 0.258 e. The van der Waals surface area contributed by atoms with Crippen LogP contribution in [0.1, 0.15) is 10.4 Å².